The summed E-state index contributed by atoms with van der Waals surface area (Å²) in [6, 6.07) is 12.3. The van der Waals surface area contributed by atoms with Gasteiger partial charge in [-0.05, 0) is 18.2 Å². The highest BCUT2D eigenvalue weighted by atomic mass is 35.5. The molecule has 110 valence electrons. The number of hydrogen-bond acceptors (Lipinski definition) is 3. The molecule has 0 aliphatic carbocycles. The van der Waals surface area contributed by atoms with E-state index in [1.165, 1.54) is 0 Å². The van der Waals surface area contributed by atoms with Gasteiger partial charge < -0.3 is 15.2 Å². The summed E-state index contributed by atoms with van der Waals surface area (Å²) in [7, 11) is 1.57. The molecule has 0 spiro atoms. The number of carbonyl (C=O) groups is 1. The first-order chi connectivity index (χ1) is 10.1. The van der Waals surface area contributed by atoms with Crippen LogP contribution < -0.4 is 10.1 Å². The van der Waals surface area contributed by atoms with Crippen LogP contribution in [-0.2, 0) is 17.8 Å². The van der Waals surface area contributed by atoms with Crippen molar-refractivity contribution in [2.45, 2.75) is 13.0 Å². The summed E-state index contributed by atoms with van der Waals surface area (Å²) in [6.07, 6.45) is 0.182. The van der Waals surface area contributed by atoms with E-state index in [4.69, 9.17) is 16.3 Å². The van der Waals surface area contributed by atoms with Crippen LogP contribution in [0.25, 0.3) is 0 Å². The van der Waals surface area contributed by atoms with Gasteiger partial charge in [-0.2, -0.15) is 0 Å². The summed E-state index contributed by atoms with van der Waals surface area (Å²) in [5.74, 6) is 0.470. The van der Waals surface area contributed by atoms with E-state index in [0.717, 1.165) is 5.56 Å². The third-order valence-corrected chi connectivity index (χ3v) is 3.29. The first-order valence-corrected chi connectivity index (χ1v) is 6.83. The van der Waals surface area contributed by atoms with E-state index in [1.807, 2.05) is 18.2 Å². The Hall–Kier alpha value is -2.04. The molecule has 0 heterocycles. The van der Waals surface area contributed by atoms with Gasteiger partial charge in [0.05, 0.1) is 20.1 Å². The second-order valence-electron chi connectivity index (χ2n) is 4.50. The van der Waals surface area contributed by atoms with E-state index < -0.39 is 0 Å². The molecule has 1 amide bonds. The number of aliphatic hydroxyl groups excluding tert-OH is 1. The van der Waals surface area contributed by atoms with Gasteiger partial charge in [0.1, 0.15) is 5.75 Å². The molecule has 2 N–H and O–H groups in total. The van der Waals surface area contributed by atoms with Crippen LogP contribution in [0.2, 0.25) is 5.02 Å². The predicted molar refractivity (Wildman–Crippen MR) is 82.7 cm³/mol. The van der Waals surface area contributed by atoms with Crippen LogP contribution in [0.4, 0.5) is 5.69 Å². The number of rotatable bonds is 5. The number of methoxy groups -OCH3 is 1. The number of anilines is 1. The average molecular weight is 306 g/mol. The minimum Gasteiger partial charge on any atom is -0.496 e. The van der Waals surface area contributed by atoms with Crippen LogP contribution in [0.15, 0.2) is 42.5 Å². The fourth-order valence-electron chi connectivity index (χ4n) is 2.02. The minimum absolute atomic E-state index is 0.165. The summed E-state index contributed by atoms with van der Waals surface area (Å²) >= 11 is 5.91. The molecule has 0 saturated heterocycles. The molecule has 0 aromatic heterocycles. The Kier molecular flexibility index (Phi) is 5.20. The largest absolute Gasteiger partial charge is 0.496 e. The Labute approximate surface area is 128 Å². The van der Waals surface area contributed by atoms with Crippen molar-refractivity contribution in [2.75, 3.05) is 12.4 Å². The number of ether oxygens (including phenoxy) is 1. The summed E-state index contributed by atoms with van der Waals surface area (Å²) in [6.45, 7) is -0.165. The van der Waals surface area contributed by atoms with Gasteiger partial charge in [0.15, 0.2) is 0 Å². The van der Waals surface area contributed by atoms with Crippen molar-refractivity contribution in [3.05, 3.63) is 58.6 Å². The highest BCUT2D eigenvalue weighted by Crippen LogP contribution is 2.22. The van der Waals surface area contributed by atoms with Crippen molar-refractivity contribution in [1.82, 2.24) is 0 Å². The van der Waals surface area contributed by atoms with E-state index in [2.05, 4.69) is 5.32 Å². The average Bonchev–Trinajstić information content (AvgIpc) is 2.48. The Morgan fingerprint density at radius 3 is 2.71 bits per heavy atom. The Bertz CT molecular complexity index is 643. The lowest BCUT2D eigenvalue weighted by Gasteiger charge is -2.11. The van der Waals surface area contributed by atoms with Gasteiger partial charge in [0.2, 0.25) is 5.91 Å². The van der Waals surface area contributed by atoms with Gasteiger partial charge in [-0.25, -0.2) is 0 Å². The van der Waals surface area contributed by atoms with E-state index in [9.17, 15) is 9.90 Å². The first-order valence-electron chi connectivity index (χ1n) is 6.45. The zero-order valence-corrected chi connectivity index (χ0v) is 12.4. The molecule has 0 fully saturated rings. The van der Waals surface area contributed by atoms with Crippen molar-refractivity contribution in [2.24, 2.45) is 0 Å². The maximum atomic E-state index is 12.1. The highest BCUT2D eigenvalue weighted by Gasteiger charge is 2.11. The molecular formula is C16H16ClNO3. The lowest BCUT2D eigenvalue weighted by molar-refractivity contribution is -0.115. The summed E-state index contributed by atoms with van der Waals surface area (Å²) in [5.41, 5.74) is 1.93. The molecule has 2 aromatic carbocycles. The molecule has 21 heavy (non-hydrogen) atoms. The number of carbonyl (C=O) groups excluding carboxylic acids is 1. The van der Waals surface area contributed by atoms with Gasteiger partial charge in [-0.15, -0.1) is 0 Å². The second kappa shape index (κ2) is 7.11. The SMILES string of the molecule is COc1ccccc1CC(=O)Nc1cc(Cl)ccc1CO. The van der Waals surface area contributed by atoms with Gasteiger partial charge in [-0.3, -0.25) is 4.79 Å². The Balaban J connectivity index is 2.13. The number of halogens is 1. The van der Waals surface area contributed by atoms with E-state index in [0.29, 0.717) is 22.0 Å². The van der Waals surface area contributed by atoms with E-state index in [-0.39, 0.29) is 18.9 Å². The molecular weight excluding hydrogens is 290 g/mol. The first kappa shape index (κ1) is 15.4. The van der Waals surface area contributed by atoms with Crippen molar-refractivity contribution >= 4 is 23.2 Å². The maximum Gasteiger partial charge on any atom is 0.228 e. The zero-order chi connectivity index (χ0) is 15.2. The molecule has 0 aliphatic rings. The molecule has 5 heteroatoms. The van der Waals surface area contributed by atoms with Gasteiger partial charge in [0, 0.05) is 21.8 Å². The maximum absolute atomic E-state index is 12.1. The molecule has 4 nitrogen and oxygen atoms in total. The van der Waals surface area contributed by atoms with Crippen molar-refractivity contribution in [1.29, 1.82) is 0 Å². The number of hydrogen-bond donors (Lipinski definition) is 2. The normalized spacial score (nSPS) is 10.2. The smallest absolute Gasteiger partial charge is 0.228 e. The van der Waals surface area contributed by atoms with Crippen LogP contribution in [-0.4, -0.2) is 18.1 Å². The van der Waals surface area contributed by atoms with Crippen LogP contribution in [0, 0.1) is 0 Å². The van der Waals surface area contributed by atoms with Gasteiger partial charge >= 0.3 is 0 Å². The minimum atomic E-state index is -0.198. The van der Waals surface area contributed by atoms with E-state index in [1.54, 1.807) is 31.4 Å². The van der Waals surface area contributed by atoms with Crippen LogP contribution in [0.5, 0.6) is 5.75 Å². The lowest BCUT2D eigenvalue weighted by Crippen LogP contribution is -2.16. The number of aliphatic hydroxyl groups is 1. The molecule has 0 saturated carbocycles. The van der Waals surface area contributed by atoms with Crippen molar-refractivity contribution < 1.29 is 14.6 Å². The van der Waals surface area contributed by atoms with E-state index >= 15 is 0 Å². The van der Waals surface area contributed by atoms with Crippen molar-refractivity contribution in [3.8, 4) is 5.75 Å². The third-order valence-electron chi connectivity index (χ3n) is 3.06. The molecule has 0 atom stereocenters. The number of nitrogens with one attached hydrogen (secondary N) is 1. The second-order valence-corrected chi connectivity index (χ2v) is 4.93. The standard InChI is InChI=1S/C16H16ClNO3/c1-21-15-5-3-2-4-11(15)8-16(20)18-14-9-13(17)7-6-12(14)10-19/h2-7,9,19H,8,10H2,1H3,(H,18,20). The fraction of sp³-hybridized carbons (Fsp3) is 0.188. The van der Waals surface area contributed by atoms with Gasteiger partial charge in [0.25, 0.3) is 0 Å². The number of amides is 1. The molecule has 0 radical (unpaired) electrons. The topological polar surface area (TPSA) is 58.6 Å². The molecule has 0 aliphatic heterocycles. The van der Waals surface area contributed by atoms with Crippen LogP contribution in [0.3, 0.4) is 0 Å². The van der Waals surface area contributed by atoms with Crippen LogP contribution >= 0.6 is 11.6 Å². The molecule has 0 bridgehead atoms. The molecule has 2 rings (SSSR count). The van der Waals surface area contributed by atoms with Crippen molar-refractivity contribution in [3.63, 3.8) is 0 Å². The fourth-order valence-corrected chi connectivity index (χ4v) is 2.19. The van der Waals surface area contributed by atoms with Gasteiger partial charge in [-0.1, -0.05) is 35.9 Å². The Morgan fingerprint density at radius 1 is 1.24 bits per heavy atom. The Morgan fingerprint density at radius 2 is 2.00 bits per heavy atom. The number of benzene rings is 2. The predicted octanol–water partition coefficient (Wildman–Crippen LogP) is 3.02. The number of para-hydroxylation sites is 1. The summed E-state index contributed by atoms with van der Waals surface area (Å²) < 4.78 is 5.22. The summed E-state index contributed by atoms with van der Waals surface area (Å²) in [5, 5.41) is 12.5. The summed E-state index contributed by atoms with van der Waals surface area (Å²) in [4.78, 5) is 12.1. The quantitative estimate of drug-likeness (QED) is 0.892. The lowest BCUT2D eigenvalue weighted by atomic mass is 10.1. The van der Waals surface area contributed by atoms with Crippen LogP contribution in [0.1, 0.15) is 11.1 Å². The monoisotopic (exact) mass is 305 g/mol. The molecule has 2 aromatic rings. The highest BCUT2D eigenvalue weighted by molar-refractivity contribution is 6.31. The molecule has 0 unspecified atom stereocenters. The zero-order valence-electron chi connectivity index (χ0n) is 11.6. The third kappa shape index (κ3) is 3.97.